The van der Waals surface area contributed by atoms with Gasteiger partial charge in [-0.05, 0) is 30.5 Å². The lowest BCUT2D eigenvalue weighted by Crippen LogP contribution is -2.41. The van der Waals surface area contributed by atoms with E-state index in [-0.39, 0.29) is 6.03 Å². The smallest absolute Gasteiger partial charge is 0.319 e. The number of amides is 2. The molecule has 6 rings (SSSR count). The van der Waals surface area contributed by atoms with Gasteiger partial charge in [-0.2, -0.15) is 0 Å². The number of hydrogen-bond acceptors (Lipinski definition) is 8. The zero-order chi connectivity index (χ0) is 23.1. The van der Waals surface area contributed by atoms with Crippen molar-refractivity contribution in [2.75, 3.05) is 27.2 Å². The van der Waals surface area contributed by atoms with Gasteiger partial charge in [0.05, 0.1) is 17.3 Å². The van der Waals surface area contributed by atoms with Crippen LogP contribution in [-0.4, -0.2) is 63.0 Å². The first kappa shape index (κ1) is 22.7. The predicted molar refractivity (Wildman–Crippen MR) is 133 cm³/mol. The van der Waals surface area contributed by atoms with Crippen molar-refractivity contribution in [3.63, 3.8) is 0 Å². The van der Waals surface area contributed by atoms with E-state index in [4.69, 9.17) is 23.2 Å². The fourth-order valence-electron chi connectivity index (χ4n) is 4.16. The van der Waals surface area contributed by atoms with Gasteiger partial charge in [0.15, 0.2) is 0 Å². The summed E-state index contributed by atoms with van der Waals surface area (Å²) in [6.07, 6.45) is 4.85. The lowest BCUT2D eigenvalue weighted by Gasteiger charge is -2.29. The van der Waals surface area contributed by atoms with Gasteiger partial charge in [-0.1, -0.05) is 23.2 Å². The van der Waals surface area contributed by atoms with Crippen LogP contribution in [0.2, 0.25) is 10.3 Å². The molecule has 1 N–H and O–H groups in total. The summed E-state index contributed by atoms with van der Waals surface area (Å²) in [6, 6.07) is 0.0419. The molecule has 0 aliphatic carbocycles. The van der Waals surface area contributed by atoms with Gasteiger partial charge in [0.1, 0.15) is 32.6 Å². The molecule has 0 atom stereocenters. The first-order valence-electron chi connectivity index (χ1n) is 10.4. The molecule has 0 radical (unpaired) electrons. The molecule has 0 bridgehead atoms. The molecule has 33 heavy (non-hydrogen) atoms. The highest BCUT2D eigenvalue weighted by Gasteiger charge is 2.26. The van der Waals surface area contributed by atoms with Crippen LogP contribution in [0.1, 0.15) is 20.9 Å². The van der Waals surface area contributed by atoms with E-state index in [1.165, 1.54) is 33.5 Å². The summed E-state index contributed by atoms with van der Waals surface area (Å²) in [7, 11) is 3.54. The van der Waals surface area contributed by atoms with Crippen molar-refractivity contribution in [2.45, 2.75) is 25.9 Å². The standard InChI is InChI=1S/C12H13ClN4OS.C9H8ClN3S/c1-16(2)12(18)17-4-3-7-8(5-17)19-11-9(7)10(13)14-6-15-11;10-8-7-5-1-2-11-3-6(5)14-9(7)13-4-12-8/h6H,3-5H2,1-2H3;4,11H,1-3H2. The molecule has 0 saturated heterocycles. The Bertz CT molecular complexity index is 1350. The number of fused-ring (bicyclic) bond motifs is 6. The molecule has 0 saturated carbocycles. The summed E-state index contributed by atoms with van der Waals surface area (Å²) in [5, 5.41) is 6.47. The Morgan fingerprint density at radius 1 is 0.970 bits per heavy atom. The first-order chi connectivity index (χ1) is 15.9. The summed E-state index contributed by atoms with van der Waals surface area (Å²) in [4.78, 5) is 36.5. The summed E-state index contributed by atoms with van der Waals surface area (Å²) in [5.74, 6) is 0. The van der Waals surface area contributed by atoms with Gasteiger partial charge in [-0.25, -0.2) is 24.7 Å². The Balaban J connectivity index is 0.000000144. The number of carbonyl (C=O) groups excluding carboxylic acids is 1. The predicted octanol–water partition coefficient (Wildman–Crippen LogP) is 4.37. The van der Waals surface area contributed by atoms with Crippen LogP contribution in [-0.2, 0) is 25.9 Å². The van der Waals surface area contributed by atoms with Crippen LogP contribution in [0.4, 0.5) is 4.79 Å². The largest absolute Gasteiger partial charge is 0.331 e. The van der Waals surface area contributed by atoms with E-state index < -0.39 is 0 Å². The number of urea groups is 1. The molecule has 4 aromatic heterocycles. The Kier molecular flexibility index (Phi) is 6.37. The van der Waals surface area contributed by atoms with Crippen LogP contribution in [0.25, 0.3) is 20.4 Å². The van der Waals surface area contributed by atoms with E-state index in [9.17, 15) is 4.79 Å². The van der Waals surface area contributed by atoms with Crippen LogP contribution < -0.4 is 5.32 Å². The van der Waals surface area contributed by atoms with E-state index in [0.29, 0.717) is 23.4 Å². The van der Waals surface area contributed by atoms with Crippen LogP contribution in [0.15, 0.2) is 12.7 Å². The third kappa shape index (κ3) is 4.26. The number of thiophene rings is 2. The van der Waals surface area contributed by atoms with Gasteiger partial charge >= 0.3 is 6.03 Å². The zero-order valence-electron chi connectivity index (χ0n) is 18.1. The first-order valence-corrected chi connectivity index (χ1v) is 12.8. The molecule has 172 valence electrons. The molecule has 4 aromatic rings. The van der Waals surface area contributed by atoms with E-state index in [1.807, 2.05) is 4.90 Å². The fourth-order valence-corrected chi connectivity index (χ4v) is 7.12. The average Bonchev–Trinajstić information content (AvgIpc) is 3.38. The minimum absolute atomic E-state index is 0.0419. The second kappa shape index (κ2) is 9.27. The lowest BCUT2D eigenvalue weighted by atomic mass is 10.1. The highest BCUT2D eigenvalue weighted by molar-refractivity contribution is 7.19. The number of nitrogens with zero attached hydrogens (tertiary/aromatic N) is 6. The van der Waals surface area contributed by atoms with E-state index in [1.54, 1.807) is 41.7 Å². The Hall–Kier alpha value is -2.11. The van der Waals surface area contributed by atoms with Gasteiger partial charge in [-0.15, -0.1) is 22.7 Å². The van der Waals surface area contributed by atoms with Crippen LogP contribution in [0, 0.1) is 0 Å². The normalized spacial score (nSPS) is 15.1. The van der Waals surface area contributed by atoms with Crippen molar-refractivity contribution < 1.29 is 4.79 Å². The molecule has 0 unspecified atom stereocenters. The van der Waals surface area contributed by atoms with E-state index >= 15 is 0 Å². The maximum Gasteiger partial charge on any atom is 0.319 e. The number of rotatable bonds is 0. The summed E-state index contributed by atoms with van der Waals surface area (Å²) in [6.45, 7) is 3.29. The van der Waals surface area contributed by atoms with Crippen LogP contribution in [0.5, 0.6) is 0 Å². The van der Waals surface area contributed by atoms with E-state index in [0.717, 1.165) is 46.4 Å². The fraction of sp³-hybridized carbons (Fsp3) is 0.381. The quantitative estimate of drug-likeness (QED) is 0.345. The second-order valence-corrected chi connectivity index (χ2v) is 10.9. The molecule has 2 aliphatic rings. The number of hydrogen-bond donors (Lipinski definition) is 1. The minimum Gasteiger partial charge on any atom is -0.331 e. The minimum atomic E-state index is 0.0419. The molecular weight excluding hydrogens is 501 g/mol. The third-order valence-electron chi connectivity index (χ3n) is 5.71. The molecule has 0 spiro atoms. The van der Waals surface area contributed by atoms with Gasteiger partial charge in [0.25, 0.3) is 0 Å². The Morgan fingerprint density at radius 3 is 2.21 bits per heavy atom. The molecule has 0 fully saturated rings. The zero-order valence-corrected chi connectivity index (χ0v) is 21.2. The summed E-state index contributed by atoms with van der Waals surface area (Å²) in [5.41, 5.74) is 2.54. The second-order valence-electron chi connectivity index (χ2n) is 7.97. The molecule has 0 aromatic carbocycles. The number of carbonyl (C=O) groups is 1. The van der Waals surface area contributed by atoms with Crippen molar-refractivity contribution in [3.05, 3.63) is 43.8 Å². The lowest BCUT2D eigenvalue weighted by molar-refractivity contribution is 0.166. The maximum absolute atomic E-state index is 12.0. The monoisotopic (exact) mass is 521 g/mol. The van der Waals surface area contributed by atoms with Gasteiger partial charge in [0.2, 0.25) is 0 Å². The highest BCUT2D eigenvalue weighted by atomic mass is 35.5. The van der Waals surface area contributed by atoms with Gasteiger partial charge in [-0.3, -0.25) is 0 Å². The number of halogens is 2. The highest BCUT2D eigenvalue weighted by Crippen LogP contribution is 2.37. The van der Waals surface area contributed by atoms with Gasteiger partial charge < -0.3 is 15.1 Å². The van der Waals surface area contributed by atoms with E-state index in [2.05, 4.69) is 25.3 Å². The molecule has 6 heterocycles. The van der Waals surface area contributed by atoms with Crippen molar-refractivity contribution in [3.8, 4) is 0 Å². The van der Waals surface area contributed by atoms with Crippen molar-refractivity contribution in [1.82, 2.24) is 35.1 Å². The number of aromatic nitrogens is 4. The van der Waals surface area contributed by atoms with Crippen molar-refractivity contribution >= 4 is 72.3 Å². The maximum atomic E-state index is 12.0. The average molecular weight is 522 g/mol. The Morgan fingerprint density at radius 2 is 1.58 bits per heavy atom. The molecule has 2 aliphatic heterocycles. The summed E-state index contributed by atoms with van der Waals surface area (Å²) < 4.78 is 0. The third-order valence-corrected chi connectivity index (χ3v) is 8.54. The Labute approximate surface area is 208 Å². The molecule has 8 nitrogen and oxygen atoms in total. The van der Waals surface area contributed by atoms with Crippen LogP contribution >= 0.6 is 45.9 Å². The SMILES string of the molecule is CN(C)C(=O)N1CCc2c(sc3ncnc(Cl)c23)C1.Clc1ncnc2sc3c(c12)CCNC3. The molecular formula is C21H21Cl2N7OS2. The summed E-state index contributed by atoms with van der Waals surface area (Å²) >= 11 is 15.5. The number of nitrogens with one attached hydrogen (secondary N) is 1. The topological polar surface area (TPSA) is 87.1 Å². The van der Waals surface area contributed by atoms with Crippen molar-refractivity contribution in [2.24, 2.45) is 0 Å². The van der Waals surface area contributed by atoms with Crippen LogP contribution in [0.3, 0.4) is 0 Å². The van der Waals surface area contributed by atoms with Crippen molar-refractivity contribution in [1.29, 1.82) is 0 Å². The molecule has 12 heteroatoms. The van der Waals surface area contributed by atoms with Gasteiger partial charge in [0, 0.05) is 36.9 Å². The molecule has 2 amide bonds.